The summed E-state index contributed by atoms with van der Waals surface area (Å²) in [6.07, 6.45) is 4.83. The Hall–Kier alpha value is -3.00. The molecule has 0 atom stereocenters. The number of para-hydroxylation sites is 1. The van der Waals surface area contributed by atoms with E-state index in [9.17, 15) is 8.42 Å². The normalized spacial score (nSPS) is 15.1. The zero-order valence-electron chi connectivity index (χ0n) is 19.2. The second kappa shape index (κ2) is 11.4. The van der Waals surface area contributed by atoms with E-state index >= 15 is 0 Å². The van der Waals surface area contributed by atoms with Crippen LogP contribution in [0.25, 0.3) is 11.0 Å². The highest BCUT2D eigenvalue weighted by Gasteiger charge is 2.20. The van der Waals surface area contributed by atoms with E-state index in [-0.39, 0.29) is 4.90 Å². The van der Waals surface area contributed by atoms with Gasteiger partial charge in [-0.15, -0.1) is 0 Å². The van der Waals surface area contributed by atoms with Crippen molar-refractivity contribution in [1.82, 2.24) is 10.1 Å². The minimum Gasteiger partial charge on any atom is -0.356 e. The molecule has 7 heteroatoms. The minimum atomic E-state index is -3.50. The van der Waals surface area contributed by atoms with Gasteiger partial charge in [0.1, 0.15) is 0 Å². The van der Waals surface area contributed by atoms with E-state index in [0.29, 0.717) is 0 Å². The molecule has 1 aliphatic heterocycles. The predicted octanol–water partition coefficient (Wildman–Crippen LogP) is 5.01. The number of nitrogens with two attached hydrogens (primary N) is 1. The summed E-state index contributed by atoms with van der Waals surface area (Å²) in [5.74, 6) is 0.812. The molecule has 0 radical (unpaired) electrons. The number of nitrogens with zero attached hydrogens (tertiary/aromatic N) is 2. The Labute approximate surface area is 201 Å². The van der Waals surface area contributed by atoms with E-state index in [4.69, 9.17) is 9.66 Å². The molecule has 178 valence electrons. The average Bonchev–Trinajstić information content (AvgIpc) is 3.28. The second-order valence-electron chi connectivity index (χ2n) is 8.73. The summed E-state index contributed by atoms with van der Waals surface area (Å²) >= 11 is 0. The predicted molar refractivity (Wildman–Crippen MR) is 135 cm³/mol. The maximum Gasteiger partial charge on any atom is 0.238 e. The number of piperidine rings is 1. The smallest absolute Gasteiger partial charge is 0.238 e. The largest absolute Gasteiger partial charge is 0.356 e. The van der Waals surface area contributed by atoms with Gasteiger partial charge in [0, 0.05) is 11.9 Å². The van der Waals surface area contributed by atoms with Crippen molar-refractivity contribution in [1.29, 1.82) is 0 Å². The van der Waals surface area contributed by atoms with Gasteiger partial charge in [0.15, 0.2) is 5.58 Å². The molecule has 1 saturated heterocycles. The molecule has 0 spiro atoms. The molecule has 6 nitrogen and oxygen atoms in total. The molecule has 1 aliphatic rings. The molecule has 0 saturated carbocycles. The highest BCUT2D eigenvalue weighted by Crippen LogP contribution is 2.25. The number of benzene rings is 3. The van der Waals surface area contributed by atoms with Gasteiger partial charge in [0.2, 0.25) is 10.0 Å². The van der Waals surface area contributed by atoms with E-state index in [0.717, 1.165) is 30.2 Å². The molecule has 0 unspecified atom stereocenters. The number of aryl methyl sites for hydroxylation is 1. The highest BCUT2D eigenvalue weighted by atomic mass is 32.2. The first-order valence-corrected chi connectivity index (χ1v) is 13.2. The monoisotopic (exact) mass is 477 g/mol. The van der Waals surface area contributed by atoms with E-state index in [1.54, 1.807) is 18.2 Å². The molecule has 0 bridgehead atoms. The van der Waals surface area contributed by atoms with Crippen LogP contribution in [-0.4, -0.2) is 31.6 Å². The number of rotatable bonds is 6. The van der Waals surface area contributed by atoms with E-state index in [1.807, 2.05) is 12.1 Å². The van der Waals surface area contributed by atoms with Gasteiger partial charge < -0.3 is 4.52 Å². The van der Waals surface area contributed by atoms with Crippen LogP contribution < -0.4 is 5.14 Å². The summed E-state index contributed by atoms with van der Waals surface area (Å²) in [7, 11) is -3.50. The molecular weight excluding hydrogens is 446 g/mol. The first-order valence-electron chi connectivity index (χ1n) is 11.7. The number of aromatic nitrogens is 1. The molecule has 2 N–H and O–H groups in total. The quantitative estimate of drug-likeness (QED) is 0.422. The van der Waals surface area contributed by atoms with Gasteiger partial charge in [0.05, 0.1) is 10.6 Å². The van der Waals surface area contributed by atoms with E-state index < -0.39 is 10.0 Å². The number of primary sulfonamides is 1. The number of hydrogen-bond donors (Lipinski definition) is 1. The zero-order valence-corrected chi connectivity index (χ0v) is 20.0. The summed E-state index contributed by atoms with van der Waals surface area (Å²) in [5, 5.41) is 10.3. The van der Waals surface area contributed by atoms with Crippen molar-refractivity contribution in [2.45, 2.75) is 37.1 Å². The SMILES string of the molecule is NS(=O)(=O)c1ccccc1.c1ccc(CN2CCC(CCc3noc4ccccc34)CC2)cc1. The maximum atomic E-state index is 10.6. The Morgan fingerprint density at radius 2 is 1.50 bits per heavy atom. The molecule has 1 fully saturated rings. The molecule has 34 heavy (non-hydrogen) atoms. The van der Waals surface area contributed by atoms with Crippen molar-refractivity contribution in [3.63, 3.8) is 0 Å². The molecule has 0 amide bonds. The van der Waals surface area contributed by atoms with Gasteiger partial charge in [-0.25, -0.2) is 13.6 Å². The fourth-order valence-electron chi connectivity index (χ4n) is 4.34. The van der Waals surface area contributed by atoms with Crippen LogP contribution in [0.15, 0.2) is 94.3 Å². The van der Waals surface area contributed by atoms with Crippen molar-refractivity contribution >= 4 is 21.0 Å². The summed E-state index contributed by atoms with van der Waals surface area (Å²) in [5.41, 5.74) is 3.45. The van der Waals surface area contributed by atoms with Gasteiger partial charge in [-0.3, -0.25) is 4.90 Å². The van der Waals surface area contributed by atoms with Crippen molar-refractivity contribution in [2.24, 2.45) is 11.1 Å². The highest BCUT2D eigenvalue weighted by molar-refractivity contribution is 7.89. The van der Waals surface area contributed by atoms with Gasteiger partial charge in [-0.1, -0.05) is 65.8 Å². The van der Waals surface area contributed by atoms with Crippen molar-refractivity contribution < 1.29 is 12.9 Å². The lowest BCUT2D eigenvalue weighted by Gasteiger charge is -2.31. The van der Waals surface area contributed by atoms with Crippen LogP contribution in [0.2, 0.25) is 0 Å². The first-order chi connectivity index (χ1) is 16.5. The lowest BCUT2D eigenvalue weighted by Crippen LogP contribution is -2.33. The second-order valence-corrected chi connectivity index (χ2v) is 10.3. The molecule has 1 aromatic heterocycles. The summed E-state index contributed by atoms with van der Waals surface area (Å²) in [4.78, 5) is 2.73. The van der Waals surface area contributed by atoms with Crippen LogP contribution in [0.4, 0.5) is 0 Å². The van der Waals surface area contributed by atoms with Crippen LogP contribution in [-0.2, 0) is 23.0 Å². The van der Waals surface area contributed by atoms with Crippen LogP contribution in [0, 0.1) is 5.92 Å². The van der Waals surface area contributed by atoms with Gasteiger partial charge in [-0.2, -0.15) is 0 Å². The van der Waals surface area contributed by atoms with Crippen LogP contribution in [0.3, 0.4) is 0 Å². The Kier molecular flexibility index (Phi) is 8.11. The molecule has 3 aromatic carbocycles. The van der Waals surface area contributed by atoms with E-state index in [1.165, 1.54) is 55.4 Å². The lowest BCUT2D eigenvalue weighted by molar-refractivity contribution is 0.172. The Balaban J connectivity index is 0.000000231. The summed E-state index contributed by atoms with van der Waals surface area (Å²) in [6.45, 7) is 3.50. The number of sulfonamides is 1. The summed E-state index contributed by atoms with van der Waals surface area (Å²) < 4.78 is 26.6. The lowest BCUT2D eigenvalue weighted by atomic mass is 9.91. The molecule has 4 aromatic rings. The van der Waals surface area contributed by atoms with Crippen molar-refractivity contribution in [3.05, 3.63) is 96.2 Å². The molecule has 2 heterocycles. The van der Waals surface area contributed by atoms with Gasteiger partial charge in [0.25, 0.3) is 0 Å². The summed E-state index contributed by atoms with van der Waals surface area (Å²) in [6, 6.07) is 26.8. The average molecular weight is 478 g/mol. The van der Waals surface area contributed by atoms with Crippen molar-refractivity contribution in [2.75, 3.05) is 13.1 Å². The van der Waals surface area contributed by atoms with Gasteiger partial charge in [-0.05, 0) is 74.5 Å². The van der Waals surface area contributed by atoms with Crippen LogP contribution >= 0.6 is 0 Å². The first kappa shape index (κ1) is 24.1. The number of hydrogen-bond acceptors (Lipinski definition) is 5. The maximum absolute atomic E-state index is 10.6. The zero-order chi connectivity index (χ0) is 23.8. The third kappa shape index (κ3) is 6.76. The van der Waals surface area contributed by atoms with Crippen LogP contribution in [0.1, 0.15) is 30.5 Å². The van der Waals surface area contributed by atoms with E-state index in [2.05, 4.69) is 52.5 Å². The molecular formula is C27H31N3O3S. The topological polar surface area (TPSA) is 89.4 Å². The van der Waals surface area contributed by atoms with Crippen LogP contribution in [0.5, 0.6) is 0 Å². The standard InChI is InChI=1S/C21H24N2O.C6H7NO2S/c1-2-6-18(7-3-1)16-23-14-12-17(13-15-23)10-11-20-19-8-4-5-9-21(19)24-22-20;7-10(8,9)6-4-2-1-3-5-6/h1-9,17H,10-16H2;1-5H,(H2,7,8,9). The Morgan fingerprint density at radius 3 is 2.15 bits per heavy atom. The van der Waals surface area contributed by atoms with Gasteiger partial charge >= 0.3 is 0 Å². The Morgan fingerprint density at radius 1 is 0.882 bits per heavy atom. The number of likely N-dealkylation sites (tertiary alicyclic amines) is 1. The third-order valence-electron chi connectivity index (χ3n) is 6.27. The number of fused-ring (bicyclic) bond motifs is 1. The third-order valence-corrected chi connectivity index (χ3v) is 7.20. The minimum absolute atomic E-state index is 0.148. The molecule has 0 aliphatic carbocycles. The van der Waals surface area contributed by atoms with Crippen molar-refractivity contribution in [3.8, 4) is 0 Å². The fraction of sp³-hybridized carbons (Fsp3) is 0.296. The Bertz CT molecular complexity index is 1270. The molecule has 5 rings (SSSR count). The fourth-order valence-corrected chi connectivity index (χ4v) is 4.88.